The fraction of sp³-hybridized carbons (Fsp3) is 0.421. The third kappa shape index (κ3) is 4.09. The third-order valence-electron chi connectivity index (χ3n) is 5.01. The molecule has 0 atom stereocenters. The van der Waals surface area contributed by atoms with Gasteiger partial charge in [-0.2, -0.15) is 8.78 Å². The highest BCUT2D eigenvalue weighted by Gasteiger charge is 2.36. The van der Waals surface area contributed by atoms with Gasteiger partial charge in [-0.1, -0.05) is 11.6 Å². The zero-order valence-corrected chi connectivity index (χ0v) is 15.5. The van der Waals surface area contributed by atoms with Gasteiger partial charge in [0.05, 0.1) is 29.5 Å². The second-order valence-corrected chi connectivity index (χ2v) is 7.39. The molecule has 0 unspecified atom stereocenters. The van der Waals surface area contributed by atoms with E-state index in [1.165, 1.54) is 18.3 Å². The minimum Gasteiger partial charge on any atom is -0.380 e. The molecule has 0 aromatic carbocycles. The highest BCUT2D eigenvalue weighted by atomic mass is 35.5. The van der Waals surface area contributed by atoms with Crippen molar-refractivity contribution in [2.75, 3.05) is 26.2 Å². The van der Waals surface area contributed by atoms with Crippen LogP contribution in [0.15, 0.2) is 51.9 Å². The minimum atomic E-state index is -2.99. The number of rotatable bonds is 5. The molecular weight excluding hydrogens is 372 g/mol. The van der Waals surface area contributed by atoms with Crippen LogP contribution < -0.4 is 5.32 Å². The summed E-state index contributed by atoms with van der Waals surface area (Å²) in [6.45, 7) is 1.50. The summed E-state index contributed by atoms with van der Waals surface area (Å²) in [5, 5.41) is 3.86. The van der Waals surface area contributed by atoms with Gasteiger partial charge in [0.15, 0.2) is 0 Å². The lowest BCUT2D eigenvalue weighted by Crippen LogP contribution is -2.46. The van der Waals surface area contributed by atoms with Crippen molar-refractivity contribution in [1.29, 1.82) is 0 Å². The summed E-state index contributed by atoms with van der Waals surface area (Å²) in [4.78, 5) is 14.2. The molecule has 142 valence electrons. The standard InChI is InChI=1S/C19H20ClF2N5/c20-13-1-2-18(25-9-13)19(21,22)12-27-7-4-14(5-8-27)26-17-11-23-10-16-15(17)3-6-24-16/h1-3,6,9,11,14,26H,4-5,7-8,10,12H2. The summed E-state index contributed by atoms with van der Waals surface area (Å²) in [7, 11) is 0. The number of piperidine rings is 1. The molecule has 0 aliphatic carbocycles. The fourth-order valence-corrected chi connectivity index (χ4v) is 3.67. The minimum absolute atomic E-state index is 0.239. The summed E-state index contributed by atoms with van der Waals surface area (Å²) in [5.74, 6) is -2.99. The van der Waals surface area contributed by atoms with Gasteiger partial charge in [0.1, 0.15) is 5.69 Å². The molecule has 0 amide bonds. The molecule has 0 saturated carbocycles. The molecule has 1 saturated heterocycles. The van der Waals surface area contributed by atoms with Gasteiger partial charge in [0, 0.05) is 43.3 Å². The number of hydrogen-bond acceptors (Lipinski definition) is 5. The van der Waals surface area contributed by atoms with Gasteiger partial charge in [-0.05, 0) is 31.1 Å². The topological polar surface area (TPSA) is 52.9 Å². The largest absolute Gasteiger partial charge is 0.380 e. The van der Waals surface area contributed by atoms with Crippen LogP contribution in [0, 0.1) is 0 Å². The Labute approximate surface area is 161 Å². The van der Waals surface area contributed by atoms with Gasteiger partial charge in [-0.3, -0.25) is 19.9 Å². The van der Waals surface area contributed by atoms with E-state index in [2.05, 4.69) is 20.3 Å². The van der Waals surface area contributed by atoms with Crippen molar-refractivity contribution in [3.8, 4) is 0 Å². The number of nitrogens with one attached hydrogen (secondary N) is 1. The molecule has 3 aliphatic rings. The van der Waals surface area contributed by atoms with E-state index in [-0.39, 0.29) is 18.3 Å². The Morgan fingerprint density at radius 3 is 2.81 bits per heavy atom. The maximum Gasteiger partial charge on any atom is 0.302 e. The predicted octanol–water partition coefficient (Wildman–Crippen LogP) is 3.19. The number of aliphatic imine (C=N–C) groups is 2. The van der Waals surface area contributed by atoms with Gasteiger partial charge in [-0.15, -0.1) is 0 Å². The van der Waals surface area contributed by atoms with Crippen molar-refractivity contribution in [1.82, 2.24) is 15.2 Å². The van der Waals surface area contributed by atoms with E-state index in [1.807, 2.05) is 12.3 Å². The lowest BCUT2D eigenvalue weighted by atomic mass is 10.0. The summed E-state index contributed by atoms with van der Waals surface area (Å²) < 4.78 is 29.0. The number of nitrogens with zero attached hydrogens (tertiary/aromatic N) is 4. The number of allylic oxidation sites excluding steroid dienone is 2. The summed E-state index contributed by atoms with van der Waals surface area (Å²) >= 11 is 5.73. The highest BCUT2D eigenvalue weighted by Crippen LogP contribution is 2.29. The maximum atomic E-state index is 14.5. The van der Waals surface area contributed by atoms with Crippen LogP contribution in [0.4, 0.5) is 8.78 Å². The summed E-state index contributed by atoms with van der Waals surface area (Å²) in [6, 6.07) is 2.98. The van der Waals surface area contributed by atoms with Gasteiger partial charge in [0.2, 0.25) is 0 Å². The number of dihydropyridines is 1. The Balaban J connectivity index is 1.33. The van der Waals surface area contributed by atoms with Gasteiger partial charge < -0.3 is 5.32 Å². The fourth-order valence-electron chi connectivity index (χ4n) is 3.56. The molecule has 0 bridgehead atoms. The van der Waals surface area contributed by atoms with E-state index in [1.54, 1.807) is 11.1 Å². The molecule has 8 heteroatoms. The van der Waals surface area contributed by atoms with Crippen LogP contribution >= 0.6 is 11.6 Å². The molecule has 5 nitrogen and oxygen atoms in total. The molecule has 1 fully saturated rings. The van der Waals surface area contributed by atoms with Crippen molar-refractivity contribution in [2.45, 2.75) is 24.8 Å². The molecule has 3 aliphatic heterocycles. The zero-order valence-electron chi connectivity index (χ0n) is 14.7. The van der Waals surface area contributed by atoms with Crippen LogP contribution in [-0.2, 0) is 5.92 Å². The Bertz CT molecular complexity index is 821. The molecule has 0 radical (unpaired) electrons. The van der Waals surface area contributed by atoms with Gasteiger partial charge in [0.25, 0.3) is 0 Å². The number of hydrogen-bond donors (Lipinski definition) is 1. The predicted molar refractivity (Wildman–Crippen MR) is 103 cm³/mol. The molecule has 1 aromatic heterocycles. The molecule has 1 N–H and O–H groups in total. The highest BCUT2D eigenvalue weighted by molar-refractivity contribution is 6.30. The van der Waals surface area contributed by atoms with Crippen molar-refractivity contribution in [3.63, 3.8) is 0 Å². The smallest absolute Gasteiger partial charge is 0.302 e. The summed E-state index contributed by atoms with van der Waals surface area (Å²) in [5.41, 5.74) is 2.81. The van der Waals surface area contributed by atoms with Crippen LogP contribution in [0.5, 0.6) is 0 Å². The van der Waals surface area contributed by atoms with E-state index in [4.69, 9.17) is 11.6 Å². The quantitative estimate of drug-likeness (QED) is 0.838. The summed E-state index contributed by atoms with van der Waals surface area (Å²) in [6.07, 6.45) is 8.47. The molecule has 0 spiro atoms. The van der Waals surface area contributed by atoms with Crippen molar-refractivity contribution in [3.05, 3.63) is 52.6 Å². The maximum absolute atomic E-state index is 14.5. The molecule has 4 rings (SSSR count). The van der Waals surface area contributed by atoms with Gasteiger partial charge in [-0.25, -0.2) is 0 Å². The second-order valence-electron chi connectivity index (χ2n) is 6.95. The van der Waals surface area contributed by atoms with Crippen LogP contribution in [0.25, 0.3) is 0 Å². The van der Waals surface area contributed by atoms with E-state index >= 15 is 0 Å². The monoisotopic (exact) mass is 391 g/mol. The average molecular weight is 392 g/mol. The van der Waals surface area contributed by atoms with Gasteiger partial charge >= 0.3 is 5.92 Å². The number of aromatic nitrogens is 1. The number of halogens is 3. The number of fused-ring (bicyclic) bond motifs is 1. The van der Waals surface area contributed by atoms with Crippen LogP contribution in [0.2, 0.25) is 5.02 Å². The lowest BCUT2D eigenvalue weighted by molar-refractivity contribution is -0.0465. The first kappa shape index (κ1) is 18.3. The van der Waals surface area contributed by atoms with Crippen molar-refractivity contribution < 1.29 is 8.78 Å². The van der Waals surface area contributed by atoms with E-state index in [0.29, 0.717) is 24.7 Å². The normalized spacial score (nSPS) is 20.8. The van der Waals surface area contributed by atoms with E-state index in [9.17, 15) is 8.78 Å². The van der Waals surface area contributed by atoms with Crippen LogP contribution in [0.3, 0.4) is 0 Å². The SMILES string of the molecule is FC(F)(CN1CCC(NC2=C3C=CN=C3CN=C2)CC1)c1ccc(Cl)cn1. The van der Waals surface area contributed by atoms with Crippen LogP contribution in [-0.4, -0.2) is 54.0 Å². The lowest BCUT2D eigenvalue weighted by Gasteiger charge is -2.35. The molecule has 1 aromatic rings. The first-order chi connectivity index (χ1) is 13.0. The molecule has 27 heavy (non-hydrogen) atoms. The number of likely N-dealkylation sites (tertiary alicyclic amines) is 1. The van der Waals surface area contributed by atoms with E-state index < -0.39 is 5.92 Å². The van der Waals surface area contributed by atoms with Crippen LogP contribution in [0.1, 0.15) is 18.5 Å². The zero-order chi connectivity index (χ0) is 18.9. The average Bonchev–Trinajstić information content (AvgIpc) is 3.13. The molecular formula is C19H20ClF2N5. The Morgan fingerprint density at radius 1 is 1.26 bits per heavy atom. The first-order valence-electron chi connectivity index (χ1n) is 8.98. The Morgan fingerprint density at radius 2 is 2.07 bits per heavy atom. The van der Waals surface area contributed by atoms with Crippen molar-refractivity contribution in [2.24, 2.45) is 9.98 Å². The van der Waals surface area contributed by atoms with Crippen molar-refractivity contribution >= 4 is 23.5 Å². The van der Waals surface area contributed by atoms with E-state index in [0.717, 1.165) is 29.8 Å². The second kappa shape index (κ2) is 7.48. The Kier molecular flexibility index (Phi) is 5.06. The Hall–Kier alpha value is -2.12. The number of pyridine rings is 1. The third-order valence-corrected chi connectivity index (χ3v) is 5.23. The molecule has 4 heterocycles. The number of alkyl halides is 2. The first-order valence-corrected chi connectivity index (χ1v) is 9.35.